The summed E-state index contributed by atoms with van der Waals surface area (Å²) in [6, 6.07) is 18.1. The zero-order valence-corrected chi connectivity index (χ0v) is 17.9. The number of aliphatic carboxylic acids is 1. The molecule has 5 N–H and O–H groups in total. The first kappa shape index (κ1) is 23.4. The minimum atomic E-state index is -1.34. The Morgan fingerprint density at radius 1 is 0.970 bits per heavy atom. The largest absolute Gasteiger partial charge is 0.481 e. The second-order valence-corrected chi connectivity index (χ2v) is 7.72. The number of hydrogen-bond donors (Lipinski definition) is 4. The van der Waals surface area contributed by atoms with E-state index in [1.807, 2.05) is 54.6 Å². The predicted molar refractivity (Wildman–Crippen MR) is 122 cm³/mol. The van der Waals surface area contributed by atoms with Crippen molar-refractivity contribution in [1.82, 2.24) is 15.3 Å². The van der Waals surface area contributed by atoms with Crippen molar-refractivity contribution in [1.29, 1.82) is 0 Å². The van der Waals surface area contributed by atoms with Gasteiger partial charge < -0.3 is 21.3 Å². The summed E-state index contributed by atoms with van der Waals surface area (Å²) in [7, 11) is 0. The first-order valence-electron chi connectivity index (χ1n) is 10.3. The average Bonchev–Trinajstić information content (AvgIpc) is 2.79. The van der Waals surface area contributed by atoms with Crippen molar-refractivity contribution in [3.05, 3.63) is 77.7 Å². The highest BCUT2D eigenvalue weighted by molar-refractivity contribution is 5.93. The molecule has 0 fully saturated rings. The van der Waals surface area contributed by atoms with Crippen LogP contribution >= 0.6 is 0 Å². The molecule has 2 aromatic carbocycles. The lowest BCUT2D eigenvalue weighted by Crippen LogP contribution is -2.39. The number of carbonyl (C=O) groups is 3. The zero-order valence-electron chi connectivity index (χ0n) is 17.9. The molecule has 1 heterocycles. The molecule has 0 radical (unpaired) electrons. The Balaban J connectivity index is 1.79. The molecule has 0 saturated heterocycles. The van der Waals surface area contributed by atoms with E-state index >= 15 is 0 Å². The van der Waals surface area contributed by atoms with E-state index in [4.69, 9.17) is 10.8 Å². The van der Waals surface area contributed by atoms with Gasteiger partial charge in [-0.05, 0) is 29.5 Å². The summed E-state index contributed by atoms with van der Waals surface area (Å²) in [4.78, 5) is 42.9. The van der Waals surface area contributed by atoms with Crippen LogP contribution in [0.5, 0.6) is 0 Å². The van der Waals surface area contributed by atoms with Gasteiger partial charge in [0.2, 0.25) is 5.82 Å². The van der Waals surface area contributed by atoms with Crippen LogP contribution in [0, 0.1) is 5.92 Å². The molecule has 2 atom stereocenters. The van der Waals surface area contributed by atoms with Crippen molar-refractivity contribution >= 4 is 23.7 Å². The molecule has 3 aromatic rings. The summed E-state index contributed by atoms with van der Waals surface area (Å²) < 4.78 is 0. The number of nitrogens with one attached hydrogen (secondary N) is 1. The van der Waals surface area contributed by atoms with E-state index in [-0.39, 0.29) is 18.1 Å². The van der Waals surface area contributed by atoms with Crippen LogP contribution in [0.4, 0.5) is 5.82 Å². The predicted octanol–water partition coefficient (Wildman–Crippen LogP) is 2.88. The number of carboxylic acid groups (broad SMARTS) is 2. The number of aromatic nitrogens is 2. The number of carbonyl (C=O) groups excluding carboxylic acids is 1. The Morgan fingerprint density at radius 2 is 1.61 bits per heavy atom. The van der Waals surface area contributed by atoms with Crippen LogP contribution in [0.15, 0.2) is 60.7 Å². The molecule has 0 aliphatic carbocycles. The maximum Gasteiger partial charge on any atom is 0.354 e. The highest BCUT2D eigenvalue weighted by atomic mass is 16.4. The molecule has 0 bridgehead atoms. The first-order valence-corrected chi connectivity index (χ1v) is 10.3. The minimum absolute atomic E-state index is 0.153. The van der Waals surface area contributed by atoms with Crippen LogP contribution < -0.4 is 11.1 Å². The molecule has 0 spiro atoms. The standard InChI is InChI=1S/C24H24N4O5/c1-14(23(30)31)11-18(26-22(29)21-27-19(24(32)33)13-20(25)28-21)12-15-7-9-17(10-8-15)16-5-3-2-4-6-16/h2-10,13-14,18H,11-12H2,1H3,(H,26,29)(H,30,31)(H,32,33)(H2,25,27,28)/t14-,18+/m1/s1. The van der Waals surface area contributed by atoms with Crippen LogP contribution in [-0.2, 0) is 11.2 Å². The Kier molecular flexibility index (Phi) is 7.34. The Labute approximate surface area is 190 Å². The van der Waals surface area contributed by atoms with E-state index in [1.165, 1.54) is 0 Å². The average molecular weight is 448 g/mol. The van der Waals surface area contributed by atoms with Crippen molar-refractivity contribution in [3.63, 3.8) is 0 Å². The summed E-state index contributed by atoms with van der Waals surface area (Å²) in [5, 5.41) is 21.2. The van der Waals surface area contributed by atoms with Gasteiger partial charge in [-0.2, -0.15) is 0 Å². The van der Waals surface area contributed by atoms with Crippen molar-refractivity contribution in [2.24, 2.45) is 5.92 Å². The van der Waals surface area contributed by atoms with E-state index in [1.54, 1.807) is 6.92 Å². The fraction of sp³-hybridized carbons (Fsp3) is 0.208. The number of rotatable bonds is 9. The third-order valence-corrected chi connectivity index (χ3v) is 5.11. The second-order valence-electron chi connectivity index (χ2n) is 7.72. The number of amides is 1. The molecule has 170 valence electrons. The number of nitrogens with two attached hydrogens (primary N) is 1. The van der Waals surface area contributed by atoms with Gasteiger partial charge in [0.1, 0.15) is 5.82 Å². The molecule has 3 rings (SSSR count). The summed E-state index contributed by atoms with van der Waals surface area (Å²) in [6.45, 7) is 1.56. The zero-order chi connectivity index (χ0) is 24.0. The summed E-state index contributed by atoms with van der Waals surface area (Å²) in [5.74, 6) is -4.31. The van der Waals surface area contributed by atoms with Gasteiger partial charge in [-0.25, -0.2) is 14.8 Å². The molecule has 33 heavy (non-hydrogen) atoms. The quantitative estimate of drug-likeness (QED) is 0.389. The smallest absolute Gasteiger partial charge is 0.354 e. The van der Waals surface area contributed by atoms with Crippen molar-refractivity contribution in [3.8, 4) is 11.1 Å². The highest BCUT2D eigenvalue weighted by Crippen LogP contribution is 2.21. The number of nitrogen functional groups attached to an aromatic ring is 1. The lowest BCUT2D eigenvalue weighted by molar-refractivity contribution is -0.141. The molecule has 0 aliphatic rings. The number of benzene rings is 2. The molecule has 0 aliphatic heterocycles. The van der Waals surface area contributed by atoms with E-state index < -0.39 is 35.5 Å². The molecule has 9 heteroatoms. The maximum absolute atomic E-state index is 12.7. The van der Waals surface area contributed by atoms with Crippen molar-refractivity contribution in [2.45, 2.75) is 25.8 Å². The molecular weight excluding hydrogens is 424 g/mol. The van der Waals surface area contributed by atoms with Gasteiger partial charge >= 0.3 is 11.9 Å². The van der Waals surface area contributed by atoms with E-state index in [9.17, 15) is 19.5 Å². The lowest BCUT2D eigenvalue weighted by Gasteiger charge is -2.21. The van der Waals surface area contributed by atoms with Crippen molar-refractivity contribution in [2.75, 3.05) is 5.73 Å². The molecular formula is C24H24N4O5. The monoisotopic (exact) mass is 448 g/mol. The van der Waals surface area contributed by atoms with Gasteiger partial charge in [-0.1, -0.05) is 61.5 Å². The van der Waals surface area contributed by atoms with Crippen LogP contribution in [0.2, 0.25) is 0 Å². The van der Waals surface area contributed by atoms with Gasteiger partial charge in [-0.3, -0.25) is 9.59 Å². The number of aromatic carboxylic acids is 1. The third kappa shape index (κ3) is 6.36. The minimum Gasteiger partial charge on any atom is -0.481 e. The highest BCUT2D eigenvalue weighted by Gasteiger charge is 2.23. The first-order chi connectivity index (χ1) is 15.7. The van der Waals surface area contributed by atoms with Gasteiger partial charge in [0.05, 0.1) is 5.92 Å². The summed E-state index contributed by atoms with van der Waals surface area (Å²) in [5.41, 5.74) is 8.20. The Bertz CT molecular complexity index is 1150. The molecule has 1 amide bonds. The van der Waals surface area contributed by atoms with Gasteiger partial charge in [-0.15, -0.1) is 0 Å². The Hall–Kier alpha value is -4.27. The van der Waals surface area contributed by atoms with Crippen LogP contribution in [-0.4, -0.2) is 44.1 Å². The molecule has 0 saturated carbocycles. The molecule has 1 aromatic heterocycles. The van der Waals surface area contributed by atoms with Crippen molar-refractivity contribution < 1.29 is 24.6 Å². The summed E-state index contributed by atoms with van der Waals surface area (Å²) in [6.07, 6.45) is 0.530. The molecule has 9 nitrogen and oxygen atoms in total. The van der Waals surface area contributed by atoms with E-state index in [2.05, 4.69) is 15.3 Å². The van der Waals surface area contributed by atoms with E-state index in [0.717, 1.165) is 22.8 Å². The van der Waals surface area contributed by atoms with Gasteiger partial charge in [0, 0.05) is 12.1 Å². The molecule has 0 unspecified atom stereocenters. The SMILES string of the molecule is C[C@H](C[C@@H](Cc1ccc(-c2ccccc2)cc1)NC(=O)c1nc(N)cc(C(=O)O)n1)C(=O)O. The fourth-order valence-corrected chi connectivity index (χ4v) is 3.40. The number of anilines is 1. The third-order valence-electron chi connectivity index (χ3n) is 5.11. The Morgan fingerprint density at radius 3 is 2.21 bits per heavy atom. The van der Waals surface area contributed by atoms with E-state index in [0.29, 0.717) is 6.42 Å². The number of hydrogen-bond acceptors (Lipinski definition) is 6. The maximum atomic E-state index is 12.7. The van der Waals surface area contributed by atoms with Crippen LogP contribution in [0.25, 0.3) is 11.1 Å². The summed E-state index contributed by atoms with van der Waals surface area (Å²) >= 11 is 0. The topological polar surface area (TPSA) is 156 Å². The normalized spacial score (nSPS) is 12.5. The van der Waals surface area contributed by atoms with Crippen LogP contribution in [0.3, 0.4) is 0 Å². The second kappa shape index (κ2) is 10.4. The van der Waals surface area contributed by atoms with Gasteiger partial charge in [0.15, 0.2) is 5.69 Å². The van der Waals surface area contributed by atoms with Gasteiger partial charge in [0.25, 0.3) is 5.91 Å². The van der Waals surface area contributed by atoms with Crippen LogP contribution in [0.1, 0.15) is 40.0 Å². The lowest BCUT2D eigenvalue weighted by atomic mass is 9.95. The number of nitrogens with zero attached hydrogens (tertiary/aromatic N) is 2. The number of carboxylic acids is 2. The fourth-order valence-electron chi connectivity index (χ4n) is 3.40.